The first-order chi connectivity index (χ1) is 28.7. The highest BCUT2D eigenvalue weighted by atomic mass is 16.3. The summed E-state index contributed by atoms with van der Waals surface area (Å²) >= 11 is 0. The fourth-order valence-electron chi connectivity index (χ4n) is 12.5. The zero-order valence-electron chi connectivity index (χ0n) is 38.7. The molecule has 6 aromatic carbocycles. The monoisotopic (exact) mass is 800 g/mol. The molecule has 0 fully saturated rings. The average molecular weight is 801 g/mol. The molecule has 2 aliphatic heterocycles. The van der Waals surface area contributed by atoms with E-state index in [1.807, 2.05) is 0 Å². The summed E-state index contributed by atoms with van der Waals surface area (Å²) in [5, 5.41) is 2.32. The van der Waals surface area contributed by atoms with E-state index in [1.165, 1.54) is 108 Å². The van der Waals surface area contributed by atoms with Gasteiger partial charge in [-0.15, -0.1) is 0 Å². The molecule has 0 spiro atoms. The lowest BCUT2D eigenvalue weighted by Crippen LogP contribution is -2.62. The molecule has 0 N–H and O–H groups in total. The molecule has 0 bridgehead atoms. The summed E-state index contributed by atoms with van der Waals surface area (Å²) in [6, 6.07) is 38.0. The largest absolute Gasteiger partial charge is 0.456 e. The topological polar surface area (TPSA) is 19.6 Å². The fraction of sp³-hybridized carbons (Fsp3) is 0.368. The molecule has 0 amide bonds. The number of anilines is 6. The van der Waals surface area contributed by atoms with E-state index in [2.05, 4.69) is 197 Å². The van der Waals surface area contributed by atoms with Gasteiger partial charge in [0.2, 0.25) is 0 Å². The van der Waals surface area contributed by atoms with Crippen LogP contribution in [0.5, 0.6) is 0 Å². The highest BCUT2D eigenvalue weighted by Crippen LogP contribution is 2.55. The first-order valence-corrected chi connectivity index (χ1v) is 22.8. The van der Waals surface area contributed by atoms with Gasteiger partial charge in [-0.25, -0.2) is 0 Å². The molecule has 0 unspecified atom stereocenters. The Labute approximate surface area is 364 Å². The van der Waals surface area contributed by atoms with E-state index in [-0.39, 0.29) is 33.8 Å². The Morgan fingerprint density at radius 1 is 0.525 bits per heavy atom. The van der Waals surface area contributed by atoms with Crippen molar-refractivity contribution in [3.8, 4) is 0 Å². The van der Waals surface area contributed by atoms with Gasteiger partial charge in [-0.2, -0.15) is 0 Å². The molecule has 3 heterocycles. The lowest BCUT2D eigenvalue weighted by molar-refractivity contribution is 0.332. The zero-order valence-corrected chi connectivity index (χ0v) is 38.7. The van der Waals surface area contributed by atoms with Gasteiger partial charge >= 0.3 is 0 Å². The van der Waals surface area contributed by atoms with E-state index in [0.29, 0.717) is 0 Å². The van der Waals surface area contributed by atoms with Crippen molar-refractivity contribution in [3.63, 3.8) is 0 Å². The molecule has 4 heteroatoms. The van der Waals surface area contributed by atoms with E-state index >= 15 is 0 Å². The second-order valence-electron chi connectivity index (χ2n) is 22.9. The molecule has 61 heavy (non-hydrogen) atoms. The highest BCUT2D eigenvalue weighted by Gasteiger charge is 2.50. The number of rotatable bonds is 2. The molecule has 3 nitrogen and oxygen atoms in total. The SMILES string of the molecule is Cc1cc2c3c(c1)N(c1cccc4oc5ccccc5c14)c1cc4c(cc1B3c1cc3c(cc1N2c1ccc(C(C)(C)C)cc1C)C(C)(C)CC3(C)C)C(C)(C)CCC4(C)C. The van der Waals surface area contributed by atoms with E-state index in [0.717, 1.165) is 23.0 Å². The lowest BCUT2D eigenvalue weighted by Gasteiger charge is -2.48. The molecular formula is C57H61BN2O. The van der Waals surface area contributed by atoms with Gasteiger partial charge in [0, 0.05) is 33.8 Å². The molecule has 1 aromatic heterocycles. The third-order valence-electron chi connectivity index (χ3n) is 15.6. The van der Waals surface area contributed by atoms with E-state index in [9.17, 15) is 0 Å². The van der Waals surface area contributed by atoms with Crippen LogP contribution < -0.4 is 26.2 Å². The number of aryl methyl sites for hydroxylation is 2. The molecule has 0 atom stereocenters. The van der Waals surface area contributed by atoms with Crippen molar-refractivity contribution in [2.45, 2.75) is 136 Å². The molecule has 0 saturated heterocycles. The maximum Gasteiger partial charge on any atom is 0.252 e. The Morgan fingerprint density at radius 3 is 1.67 bits per heavy atom. The Kier molecular flexibility index (Phi) is 7.76. The number of hydrogen-bond acceptors (Lipinski definition) is 3. The number of para-hydroxylation sites is 1. The van der Waals surface area contributed by atoms with Gasteiger partial charge in [0.05, 0.1) is 11.1 Å². The minimum absolute atomic E-state index is 0.0480. The Balaban J connectivity index is 1.30. The maximum absolute atomic E-state index is 6.62. The van der Waals surface area contributed by atoms with Crippen LogP contribution in [-0.2, 0) is 27.1 Å². The van der Waals surface area contributed by atoms with Crippen LogP contribution in [0.4, 0.5) is 34.1 Å². The minimum atomic E-state index is 0.0480. The summed E-state index contributed by atoms with van der Waals surface area (Å²) in [7, 11) is 0. The van der Waals surface area contributed by atoms with E-state index in [4.69, 9.17) is 4.42 Å². The van der Waals surface area contributed by atoms with Crippen molar-refractivity contribution < 1.29 is 4.42 Å². The molecule has 4 aliphatic rings. The van der Waals surface area contributed by atoms with Crippen LogP contribution in [-0.4, -0.2) is 6.71 Å². The van der Waals surface area contributed by atoms with Crippen molar-refractivity contribution in [1.82, 2.24) is 0 Å². The normalized spacial score (nSPS) is 18.8. The van der Waals surface area contributed by atoms with Crippen molar-refractivity contribution in [2.24, 2.45) is 0 Å². The number of fused-ring (bicyclic) bond motifs is 9. The van der Waals surface area contributed by atoms with Crippen molar-refractivity contribution in [2.75, 3.05) is 9.80 Å². The van der Waals surface area contributed by atoms with E-state index in [1.54, 1.807) is 0 Å². The number of hydrogen-bond donors (Lipinski definition) is 0. The van der Waals surface area contributed by atoms with Crippen LogP contribution in [0.25, 0.3) is 21.9 Å². The highest BCUT2D eigenvalue weighted by molar-refractivity contribution is 7.00. The zero-order chi connectivity index (χ0) is 42.9. The van der Waals surface area contributed by atoms with Crippen LogP contribution in [0.2, 0.25) is 0 Å². The summed E-state index contributed by atoms with van der Waals surface area (Å²) in [4.78, 5) is 5.29. The van der Waals surface area contributed by atoms with Crippen LogP contribution in [0.3, 0.4) is 0 Å². The Morgan fingerprint density at radius 2 is 1.07 bits per heavy atom. The Bertz CT molecular complexity index is 3040. The molecule has 2 aliphatic carbocycles. The van der Waals surface area contributed by atoms with Gasteiger partial charge in [-0.3, -0.25) is 0 Å². The summed E-state index contributed by atoms with van der Waals surface area (Å²) in [6.45, 7) is 31.4. The number of benzene rings is 6. The summed E-state index contributed by atoms with van der Waals surface area (Å²) < 4.78 is 6.62. The predicted molar refractivity (Wildman–Crippen MR) is 262 cm³/mol. The molecule has 7 aromatic rings. The van der Waals surface area contributed by atoms with Crippen LogP contribution in [0.15, 0.2) is 101 Å². The summed E-state index contributed by atoms with van der Waals surface area (Å²) in [5.41, 5.74) is 23.8. The summed E-state index contributed by atoms with van der Waals surface area (Å²) in [6.07, 6.45) is 3.47. The van der Waals surface area contributed by atoms with Crippen LogP contribution >= 0.6 is 0 Å². The third kappa shape index (κ3) is 5.42. The molecular weight excluding hydrogens is 739 g/mol. The molecule has 308 valence electrons. The first kappa shape index (κ1) is 38.7. The molecule has 0 radical (unpaired) electrons. The maximum atomic E-state index is 6.62. The van der Waals surface area contributed by atoms with Crippen molar-refractivity contribution >= 4 is 79.2 Å². The predicted octanol–water partition coefficient (Wildman–Crippen LogP) is 13.9. The van der Waals surface area contributed by atoms with Gasteiger partial charge in [-0.1, -0.05) is 125 Å². The summed E-state index contributed by atoms with van der Waals surface area (Å²) in [5.74, 6) is 0. The lowest BCUT2D eigenvalue weighted by atomic mass is 9.32. The smallest absolute Gasteiger partial charge is 0.252 e. The van der Waals surface area contributed by atoms with Gasteiger partial charge < -0.3 is 14.2 Å². The molecule has 0 saturated carbocycles. The Hall–Kier alpha value is -5.22. The third-order valence-corrected chi connectivity index (χ3v) is 15.6. The quantitative estimate of drug-likeness (QED) is 0.162. The van der Waals surface area contributed by atoms with Gasteiger partial charge in [-0.05, 0) is 164 Å². The second-order valence-corrected chi connectivity index (χ2v) is 22.9. The fourth-order valence-corrected chi connectivity index (χ4v) is 12.5. The van der Waals surface area contributed by atoms with E-state index < -0.39 is 0 Å². The van der Waals surface area contributed by atoms with Crippen LogP contribution in [0.1, 0.15) is 134 Å². The standard InChI is InChI=1S/C57H61BN2O/c1-33-25-47-52-48(26-33)60(44-18-16-20-50-51(44)36-17-14-15-19-49(36)61-50)46-30-39-37(54(6,7)23-24-55(39,8)9)28-41(46)58(52)42-29-38-40(57(12,13)32-56(38,10)11)31-45(42)59(47)43-22-21-35(27-34(43)2)53(3,4)5/h14-22,25-31H,23-24,32H2,1-13H3. The minimum Gasteiger partial charge on any atom is -0.456 e. The van der Waals surface area contributed by atoms with Crippen molar-refractivity contribution in [1.29, 1.82) is 0 Å². The number of nitrogens with zero attached hydrogens (tertiary/aromatic N) is 2. The van der Waals surface area contributed by atoms with Gasteiger partial charge in [0.15, 0.2) is 0 Å². The molecule has 11 rings (SSSR count). The second kappa shape index (κ2) is 12.2. The van der Waals surface area contributed by atoms with Gasteiger partial charge in [0.25, 0.3) is 6.71 Å². The first-order valence-electron chi connectivity index (χ1n) is 22.8. The average Bonchev–Trinajstić information content (AvgIpc) is 3.65. The van der Waals surface area contributed by atoms with Crippen LogP contribution in [0, 0.1) is 13.8 Å². The van der Waals surface area contributed by atoms with Crippen molar-refractivity contribution in [3.05, 3.63) is 136 Å². The number of furan rings is 1. The van der Waals surface area contributed by atoms with Gasteiger partial charge in [0.1, 0.15) is 11.2 Å².